The number of rotatable bonds is 4. The number of aryl methyl sites for hydroxylation is 1. The molecule has 0 aliphatic carbocycles. The number of carbonyl (C=O) groups is 2. The lowest BCUT2D eigenvalue weighted by Gasteiger charge is -2.24. The summed E-state index contributed by atoms with van der Waals surface area (Å²) in [7, 11) is 0. The predicted octanol–water partition coefficient (Wildman–Crippen LogP) is 4.50. The monoisotopic (exact) mass is 374 g/mol. The van der Waals surface area contributed by atoms with E-state index in [0.29, 0.717) is 17.3 Å². The zero-order valence-electron chi connectivity index (χ0n) is 13.8. The van der Waals surface area contributed by atoms with Gasteiger partial charge in [-0.05, 0) is 55.8 Å². The number of hydrogen-bond donors (Lipinski definition) is 0. The van der Waals surface area contributed by atoms with Crippen molar-refractivity contribution >= 4 is 46.4 Å². The Morgan fingerprint density at radius 3 is 2.28 bits per heavy atom. The van der Waals surface area contributed by atoms with E-state index in [2.05, 4.69) is 0 Å². The zero-order chi connectivity index (χ0) is 18.1. The third-order valence-electron chi connectivity index (χ3n) is 3.99. The van der Waals surface area contributed by atoms with Gasteiger partial charge in [-0.25, -0.2) is 4.90 Å². The van der Waals surface area contributed by atoms with Gasteiger partial charge in [0.1, 0.15) is 10.7 Å². The Labute approximate surface area is 156 Å². The molecule has 25 heavy (non-hydrogen) atoms. The fraction of sp³-hybridized carbons (Fsp3) is 0.158. The number of nitrogens with zero attached hydrogens (tertiary/aromatic N) is 2. The normalized spacial score (nSPS) is 14.5. The summed E-state index contributed by atoms with van der Waals surface area (Å²) in [5.41, 5.74) is 2.50. The molecule has 6 heteroatoms. The fourth-order valence-electron chi connectivity index (χ4n) is 2.82. The number of imide groups is 1. The predicted molar refractivity (Wildman–Crippen MR) is 101 cm³/mol. The van der Waals surface area contributed by atoms with E-state index >= 15 is 0 Å². The summed E-state index contributed by atoms with van der Waals surface area (Å²) in [6.45, 7) is 4.37. The van der Waals surface area contributed by atoms with Crippen molar-refractivity contribution in [3.63, 3.8) is 0 Å². The van der Waals surface area contributed by atoms with Crippen LogP contribution in [0.25, 0.3) is 0 Å². The SMILES string of the molecule is CCN(C1=C(Cl)C(=O)N(c2ccc(Cl)cc2)C1=O)c1cccc(C)c1. The highest BCUT2D eigenvalue weighted by atomic mass is 35.5. The molecular formula is C19H16Cl2N2O2. The van der Waals surface area contributed by atoms with Crippen molar-refractivity contribution in [3.8, 4) is 0 Å². The summed E-state index contributed by atoms with van der Waals surface area (Å²) < 4.78 is 0. The van der Waals surface area contributed by atoms with E-state index in [1.165, 1.54) is 0 Å². The number of halogens is 2. The van der Waals surface area contributed by atoms with E-state index in [1.54, 1.807) is 29.2 Å². The first-order valence-electron chi connectivity index (χ1n) is 7.82. The number of hydrogen-bond acceptors (Lipinski definition) is 3. The standard InChI is InChI=1S/C19H16Cl2N2O2/c1-3-22(15-6-4-5-12(2)11-15)17-16(21)18(24)23(19(17)25)14-9-7-13(20)8-10-14/h4-11H,3H2,1-2H3. The minimum Gasteiger partial charge on any atom is -0.336 e. The first-order valence-corrected chi connectivity index (χ1v) is 8.58. The Hall–Kier alpha value is -2.30. The van der Waals surface area contributed by atoms with Gasteiger partial charge in [0.15, 0.2) is 0 Å². The molecule has 1 heterocycles. The lowest BCUT2D eigenvalue weighted by atomic mass is 10.2. The summed E-state index contributed by atoms with van der Waals surface area (Å²) in [5.74, 6) is -0.976. The van der Waals surface area contributed by atoms with Crippen LogP contribution < -0.4 is 9.80 Å². The zero-order valence-corrected chi connectivity index (χ0v) is 15.3. The molecule has 128 valence electrons. The summed E-state index contributed by atoms with van der Waals surface area (Å²) in [6.07, 6.45) is 0. The van der Waals surface area contributed by atoms with Crippen molar-refractivity contribution < 1.29 is 9.59 Å². The van der Waals surface area contributed by atoms with Gasteiger partial charge in [0.2, 0.25) is 0 Å². The molecule has 0 atom stereocenters. The quantitative estimate of drug-likeness (QED) is 0.739. The molecule has 0 radical (unpaired) electrons. The second kappa shape index (κ2) is 6.90. The lowest BCUT2D eigenvalue weighted by Crippen LogP contribution is -2.35. The minimum absolute atomic E-state index is 0.0803. The third-order valence-corrected chi connectivity index (χ3v) is 4.58. The van der Waals surface area contributed by atoms with Crippen LogP contribution in [0.3, 0.4) is 0 Å². The van der Waals surface area contributed by atoms with Crippen LogP contribution in [0.2, 0.25) is 5.02 Å². The Morgan fingerprint density at radius 2 is 1.68 bits per heavy atom. The third kappa shape index (κ3) is 3.15. The van der Waals surface area contributed by atoms with Crippen molar-refractivity contribution in [3.05, 3.63) is 69.8 Å². The maximum Gasteiger partial charge on any atom is 0.283 e. The number of carbonyl (C=O) groups excluding carboxylic acids is 2. The second-order valence-corrected chi connectivity index (χ2v) is 6.48. The van der Waals surface area contributed by atoms with Crippen LogP contribution in [-0.2, 0) is 9.59 Å². The molecule has 0 N–H and O–H groups in total. The first-order chi connectivity index (χ1) is 11.9. The molecule has 0 unspecified atom stereocenters. The topological polar surface area (TPSA) is 40.6 Å². The van der Waals surface area contributed by atoms with Crippen LogP contribution in [0.4, 0.5) is 11.4 Å². The van der Waals surface area contributed by atoms with Crippen molar-refractivity contribution in [2.45, 2.75) is 13.8 Å². The maximum atomic E-state index is 13.0. The van der Waals surface area contributed by atoms with Gasteiger partial charge in [-0.3, -0.25) is 9.59 Å². The van der Waals surface area contributed by atoms with Crippen molar-refractivity contribution in [2.24, 2.45) is 0 Å². The van der Waals surface area contributed by atoms with Crippen LogP contribution in [0.1, 0.15) is 12.5 Å². The van der Waals surface area contributed by atoms with Crippen molar-refractivity contribution in [2.75, 3.05) is 16.3 Å². The molecule has 0 saturated carbocycles. The second-order valence-electron chi connectivity index (χ2n) is 5.67. The number of benzene rings is 2. The fourth-order valence-corrected chi connectivity index (χ4v) is 3.21. The molecule has 4 nitrogen and oxygen atoms in total. The van der Waals surface area contributed by atoms with Gasteiger partial charge >= 0.3 is 0 Å². The molecule has 0 fully saturated rings. The van der Waals surface area contributed by atoms with Gasteiger partial charge in [0, 0.05) is 17.3 Å². The lowest BCUT2D eigenvalue weighted by molar-refractivity contribution is -0.120. The highest BCUT2D eigenvalue weighted by Gasteiger charge is 2.41. The van der Waals surface area contributed by atoms with Gasteiger partial charge in [0.25, 0.3) is 11.8 Å². The van der Waals surface area contributed by atoms with Gasteiger partial charge < -0.3 is 4.90 Å². The van der Waals surface area contributed by atoms with Crippen LogP contribution in [0.15, 0.2) is 59.3 Å². The molecule has 2 amide bonds. The number of amides is 2. The maximum absolute atomic E-state index is 13.0. The van der Waals surface area contributed by atoms with Gasteiger partial charge in [0.05, 0.1) is 5.69 Å². The van der Waals surface area contributed by atoms with E-state index in [0.717, 1.165) is 16.2 Å². The summed E-state index contributed by atoms with van der Waals surface area (Å²) >= 11 is 12.1. The van der Waals surface area contributed by atoms with Gasteiger partial charge in [-0.1, -0.05) is 35.3 Å². The molecule has 3 rings (SSSR count). The Bertz CT molecular complexity index is 875. The highest BCUT2D eigenvalue weighted by Crippen LogP contribution is 2.34. The van der Waals surface area contributed by atoms with Gasteiger partial charge in [-0.15, -0.1) is 0 Å². The molecule has 1 aliphatic rings. The molecule has 1 aliphatic heterocycles. The number of anilines is 2. The molecule has 0 spiro atoms. The smallest absolute Gasteiger partial charge is 0.283 e. The van der Waals surface area contributed by atoms with Crippen molar-refractivity contribution in [1.82, 2.24) is 0 Å². The van der Waals surface area contributed by atoms with E-state index in [9.17, 15) is 9.59 Å². The minimum atomic E-state index is -0.532. The van der Waals surface area contributed by atoms with E-state index < -0.39 is 11.8 Å². The summed E-state index contributed by atoms with van der Waals surface area (Å²) in [5, 5.41) is 0.445. The van der Waals surface area contributed by atoms with E-state index in [-0.39, 0.29) is 10.7 Å². The Kier molecular flexibility index (Phi) is 4.84. The number of likely N-dealkylation sites (N-methyl/N-ethyl adjacent to an activating group) is 1. The molecule has 0 bridgehead atoms. The Balaban J connectivity index is 2.02. The van der Waals surface area contributed by atoms with E-state index in [1.807, 2.05) is 38.1 Å². The molecular weight excluding hydrogens is 359 g/mol. The molecule has 0 saturated heterocycles. The highest BCUT2D eigenvalue weighted by molar-refractivity contribution is 6.53. The van der Waals surface area contributed by atoms with Gasteiger partial charge in [-0.2, -0.15) is 0 Å². The summed E-state index contributed by atoms with van der Waals surface area (Å²) in [6, 6.07) is 14.2. The largest absolute Gasteiger partial charge is 0.336 e. The molecule has 2 aromatic rings. The molecule has 2 aromatic carbocycles. The van der Waals surface area contributed by atoms with Crippen LogP contribution in [0, 0.1) is 6.92 Å². The van der Waals surface area contributed by atoms with Crippen LogP contribution >= 0.6 is 23.2 Å². The van der Waals surface area contributed by atoms with E-state index in [4.69, 9.17) is 23.2 Å². The summed E-state index contributed by atoms with van der Waals surface area (Å²) in [4.78, 5) is 28.4. The molecule has 0 aromatic heterocycles. The van der Waals surface area contributed by atoms with Crippen molar-refractivity contribution in [1.29, 1.82) is 0 Å². The average molecular weight is 375 g/mol. The average Bonchev–Trinajstić information content (AvgIpc) is 2.81. The Morgan fingerprint density at radius 1 is 1.00 bits per heavy atom. The first kappa shape index (κ1) is 17.5. The van der Waals surface area contributed by atoms with Crippen LogP contribution in [-0.4, -0.2) is 18.4 Å². The van der Waals surface area contributed by atoms with Crippen LogP contribution in [0.5, 0.6) is 0 Å².